The van der Waals surface area contributed by atoms with Crippen molar-refractivity contribution < 1.29 is 4.79 Å². The zero-order valence-electron chi connectivity index (χ0n) is 13.0. The standard InChI is InChI=1S/C17H25N3O/c1-3-20-16(21)9-7-14(18)17(20)13-6-8-15-12(11-13)5-4-10-19(15)2/h6,8,11,14,17H,3-5,7,9-10,18H2,1-2H3. The molecule has 0 spiro atoms. The molecule has 2 atom stereocenters. The molecule has 0 bridgehead atoms. The minimum absolute atomic E-state index is 0.0359. The second-order valence-corrected chi connectivity index (χ2v) is 6.24. The predicted octanol–water partition coefficient (Wildman–Crippen LogP) is 2.08. The van der Waals surface area contributed by atoms with Crippen LogP contribution in [0.15, 0.2) is 18.2 Å². The first kappa shape index (κ1) is 14.4. The summed E-state index contributed by atoms with van der Waals surface area (Å²) in [6.07, 6.45) is 3.69. The van der Waals surface area contributed by atoms with Crippen molar-refractivity contribution in [3.8, 4) is 0 Å². The molecule has 2 N–H and O–H groups in total. The molecule has 1 aromatic rings. The molecule has 1 saturated heterocycles. The van der Waals surface area contributed by atoms with Crippen molar-refractivity contribution >= 4 is 11.6 Å². The number of carbonyl (C=O) groups excluding carboxylic acids is 1. The maximum atomic E-state index is 12.2. The van der Waals surface area contributed by atoms with Crippen LogP contribution in [0, 0.1) is 0 Å². The number of nitrogens with zero attached hydrogens (tertiary/aromatic N) is 2. The van der Waals surface area contributed by atoms with E-state index in [-0.39, 0.29) is 18.0 Å². The van der Waals surface area contributed by atoms with Crippen LogP contribution >= 0.6 is 0 Å². The Bertz CT molecular complexity index is 543. The van der Waals surface area contributed by atoms with Crippen molar-refractivity contribution in [2.45, 2.75) is 44.7 Å². The third kappa shape index (κ3) is 2.53. The second-order valence-electron chi connectivity index (χ2n) is 6.24. The van der Waals surface area contributed by atoms with E-state index < -0.39 is 0 Å². The van der Waals surface area contributed by atoms with E-state index in [1.165, 1.54) is 23.2 Å². The first-order chi connectivity index (χ1) is 10.1. The molecule has 0 radical (unpaired) electrons. The summed E-state index contributed by atoms with van der Waals surface area (Å²) in [6.45, 7) is 3.89. The summed E-state index contributed by atoms with van der Waals surface area (Å²) in [7, 11) is 2.14. The van der Waals surface area contributed by atoms with E-state index in [2.05, 4.69) is 30.1 Å². The van der Waals surface area contributed by atoms with Crippen LogP contribution in [-0.4, -0.2) is 37.0 Å². The molecule has 2 aliphatic rings. The number of likely N-dealkylation sites (tertiary alicyclic amines) is 1. The minimum Gasteiger partial charge on any atom is -0.374 e. The number of fused-ring (bicyclic) bond motifs is 1. The Balaban J connectivity index is 1.96. The van der Waals surface area contributed by atoms with Crippen LogP contribution in [0.3, 0.4) is 0 Å². The van der Waals surface area contributed by atoms with Gasteiger partial charge in [0.15, 0.2) is 0 Å². The number of rotatable bonds is 2. The van der Waals surface area contributed by atoms with Gasteiger partial charge in [-0.05, 0) is 43.4 Å². The summed E-state index contributed by atoms with van der Waals surface area (Å²) < 4.78 is 0. The van der Waals surface area contributed by atoms with E-state index >= 15 is 0 Å². The Morgan fingerprint density at radius 2 is 2.14 bits per heavy atom. The first-order valence-electron chi connectivity index (χ1n) is 8.01. The molecule has 2 heterocycles. The van der Waals surface area contributed by atoms with E-state index in [0.29, 0.717) is 6.42 Å². The highest BCUT2D eigenvalue weighted by atomic mass is 16.2. The van der Waals surface area contributed by atoms with Crippen LogP contribution in [-0.2, 0) is 11.2 Å². The van der Waals surface area contributed by atoms with Gasteiger partial charge in [0.1, 0.15) is 0 Å². The molecule has 0 aliphatic carbocycles. The first-order valence-corrected chi connectivity index (χ1v) is 8.01. The Morgan fingerprint density at radius 1 is 1.33 bits per heavy atom. The maximum Gasteiger partial charge on any atom is 0.223 e. The fourth-order valence-corrected chi connectivity index (χ4v) is 3.77. The topological polar surface area (TPSA) is 49.6 Å². The highest BCUT2D eigenvalue weighted by molar-refractivity contribution is 5.78. The van der Waals surface area contributed by atoms with E-state index in [1.807, 2.05) is 11.8 Å². The van der Waals surface area contributed by atoms with Gasteiger partial charge in [-0.1, -0.05) is 12.1 Å². The maximum absolute atomic E-state index is 12.2. The third-order valence-electron chi connectivity index (χ3n) is 4.89. The van der Waals surface area contributed by atoms with E-state index in [9.17, 15) is 4.79 Å². The highest BCUT2D eigenvalue weighted by Crippen LogP contribution is 2.34. The van der Waals surface area contributed by atoms with Crippen LogP contribution in [0.25, 0.3) is 0 Å². The van der Waals surface area contributed by atoms with E-state index in [0.717, 1.165) is 25.9 Å². The minimum atomic E-state index is 0.0359. The molecule has 3 rings (SSSR count). The third-order valence-corrected chi connectivity index (χ3v) is 4.89. The lowest BCUT2D eigenvalue weighted by molar-refractivity contribution is -0.137. The molecule has 1 aromatic carbocycles. The molecule has 4 heteroatoms. The van der Waals surface area contributed by atoms with Crippen LogP contribution in [0.4, 0.5) is 5.69 Å². The average molecular weight is 287 g/mol. The second kappa shape index (κ2) is 5.68. The fourth-order valence-electron chi connectivity index (χ4n) is 3.77. The van der Waals surface area contributed by atoms with Gasteiger partial charge in [-0.2, -0.15) is 0 Å². The van der Waals surface area contributed by atoms with Gasteiger partial charge < -0.3 is 15.5 Å². The number of hydrogen-bond acceptors (Lipinski definition) is 3. The van der Waals surface area contributed by atoms with Gasteiger partial charge in [0.25, 0.3) is 0 Å². The number of carbonyl (C=O) groups is 1. The summed E-state index contributed by atoms with van der Waals surface area (Å²) in [5, 5.41) is 0. The number of amides is 1. The van der Waals surface area contributed by atoms with Crippen LogP contribution in [0.1, 0.15) is 43.4 Å². The van der Waals surface area contributed by atoms with Crippen molar-refractivity contribution in [1.82, 2.24) is 4.90 Å². The van der Waals surface area contributed by atoms with Gasteiger partial charge in [-0.25, -0.2) is 0 Å². The molecule has 0 saturated carbocycles. The smallest absolute Gasteiger partial charge is 0.223 e. The number of anilines is 1. The number of piperidine rings is 1. The van der Waals surface area contributed by atoms with E-state index in [1.54, 1.807) is 0 Å². The Kier molecular flexibility index (Phi) is 3.89. The quantitative estimate of drug-likeness (QED) is 0.906. The molecule has 2 aliphatic heterocycles. The Morgan fingerprint density at radius 3 is 2.90 bits per heavy atom. The molecule has 2 unspecified atom stereocenters. The molecule has 114 valence electrons. The molecular weight excluding hydrogens is 262 g/mol. The number of nitrogens with two attached hydrogens (primary N) is 1. The summed E-state index contributed by atoms with van der Waals surface area (Å²) in [6, 6.07) is 6.71. The monoisotopic (exact) mass is 287 g/mol. The summed E-state index contributed by atoms with van der Waals surface area (Å²) >= 11 is 0. The van der Waals surface area contributed by atoms with Gasteiger partial charge in [0.2, 0.25) is 5.91 Å². The Hall–Kier alpha value is -1.55. The van der Waals surface area contributed by atoms with Crippen LogP contribution < -0.4 is 10.6 Å². The molecule has 1 fully saturated rings. The van der Waals surface area contributed by atoms with Crippen molar-refractivity contribution in [1.29, 1.82) is 0 Å². The van der Waals surface area contributed by atoms with Gasteiger partial charge >= 0.3 is 0 Å². The molecular formula is C17H25N3O. The van der Waals surface area contributed by atoms with Crippen molar-refractivity contribution in [3.05, 3.63) is 29.3 Å². The van der Waals surface area contributed by atoms with Crippen molar-refractivity contribution in [2.75, 3.05) is 25.0 Å². The zero-order valence-corrected chi connectivity index (χ0v) is 13.0. The van der Waals surface area contributed by atoms with Gasteiger partial charge in [-0.3, -0.25) is 4.79 Å². The number of benzene rings is 1. The normalized spacial score (nSPS) is 26.0. The molecule has 1 amide bonds. The fraction of sp³-hybridized carbons (Fsp3) is 0.588. The highest BCUT2D eigenvalue weighted by Gasteiger charge is 2.34. The largest absolute Gasteiger partial charge is 0.374 e. The Labute approximate surface area is 126 Å². The summed E-state index contributed by atoms with van der Waals surface area (Å²) in [4.78, 5) is 16.4. The number of likely N-dealkylation sites (N-methyl/N-ethyl adjacent to an activating group) is 1. The van der Waals surface area contributed by atoms with Crippen molar-refractivity contribution in [2.24, 2.45) is 5.73 Å². The lowest BCUT2D eigenvalue weighted by atomic mass is 9.88. The van der Waals surface area contributed by atoms with E-state index in [4.69, 9.17) is 5.73 Å². The number of hydrogen-bond donors (Lipinski definition) is 1. The average Bonchev–Trinajstić information content (AvgIpc) is 2.49. The SMILES string of the molecule is CCN1C(=O)CCC(N)C1c1ccc2c(c1)CCCN2C. The van der Waals surface area contributed by atoms with Gasteiger partial charge in [0.05, 0.1) is 6.04 Å². The molecule has 4 nitrogen and oxygen atoms in total. The lowest BCUT2D eigenvalue weighted by Gasteiger charge is -2.40. The van der Waals surface area contributed by atoms with Gasteiger partial charge in [0, 0.05) is 38.3 Å². The van der Waals surface area contributed by atoms with Crippen LogP contribution in [0.2, 0.25) is 0 Å². The summed E-state index contributed by atoms with van der Waals surface area (Å²) in [5.74, 6) is 0.235. The number of aryl methyl sites for hydroxylation is 1. The molecule has 21 heavy (non-hydrogen) atoms. The van der Waals surface area contributed by atoms with Crippen molar-refractivity contribution in [3.63, 3.8) is 0 Å². The zero-order chi connectivity index (χ0) is 15.0. The lowest BCUT2D eigenvalue weighted by Crippen LogP contribution is -2.48. The predicted molar refractivity (Wildman–Crippen MR) is 85.4 cm³/mol. The molecule has 0 aromatic heterocycles. The van der Waals surface area contributed by atoms with Crippen LogP contribution in [0.5, 0.6) is 0 Å². The summed E-state index contributed by atoms with van der Waals surface area (Å²) in [5.41, 5.74) is 10.3. The van der Waals surface area contributed by atoms with Gasteiger partial charge in [-0.15, -0.1) is 0 Å².